The SMILES string of the molecule is COc1ccc(Cn2ccc(NC(=O)c3cnn(CCF)c3)n2)cc1. The molecule has 0 bridgehead atoms. The van der Waals surface area contributed by atoms with Gasteiger partial charge in [-0.1, -0.05) is 12.1 Å². The van der Waals surface area contributed by atoms with Crippen molar-refractivity contribution in [2.75, 3.05) is 19.1 Å². The predicted molar refractivity (Wildman–Crippen MR) is 90.5 cm³/mol. The minimum atomic E-state index is -0.529. The lowest BCUT2D eigenvalue weighted by atomic mass is 10.2. The van der Waals surface area contributed by atoms with E-state index < -0.39 is 6.67 Å². The highest BCUT2D eigenvalue weighted by molar-refractivity contribution is 6.03. The molecule has 3 rings (SSSR count). The van der Waals surface area contributed by atoms with Crippen molar-refractivity contribution in [2.45, 2.75) is 13.1 Å². The number of hydrogen-bond donors (Lipinski definition) is 1. The molecule has 1 N–H and O–H groups in total. The summed E-state index contributed by atoms with van der Waals surface area (Å²) in [5, 5.41) is 10.9. The molecule has 8 heteroatoms. The summed E-state index contributed by atoms with van der Waals surface area (Å²) in [6.07, 6.45) is 4.69. The number of aryl methyl sites for hydroxylation is 1. The van der Waals surface area contributed by atoms with Gasteiger partial charge >= 0.3 is 0 Å². The number of methoxy groups -OCH3 is 1. The fourth-order valence-corrected chi connectivity index (χ4v) is 2.31. The lowest BCUT2D eigenvalue weighted by Crippen LogP contribution is -2.12. The van der Waals surface area contributed by atoms with Crippen molar-refractivity contribution >= 4 is 11.7 Å². The molecule has 0 unspecified atom stereocenters. The molecule has 7 nitrogen and oxygen atoms in total. The molecule has 0 radical (unpaired) electrons. The van der Waals surface area contributed by atoms with E-state index in [-0.39, 0.29) is 12.5 Å². The van der Waals surface area contributed by atoms with Gasteiger partial charge in [0.15, 0.2) is 5.82 Å². The first-order valence-electron chi connectivity index (χ1n) is 7.74. The quantitative estimate of drug-likeness (QED) is 0.715. The zero-order valence-electron chi connectivity index (χ0n) is 13.7. The molecule has 0 aliphatic rings. The summed E-state index contributed by atoms with van der Waals surface area (Å²) in [5.41, 5.74) is 1.42. The van der Waals surface area contributed by atoms with Gasteiger partial charge in [-0.3, -0.25) is 14.2 Å². The zero-order chi connectivity index (χ0) is 17.6. The third-order valence-corrected chi connectivity index (χ3v) is 3.59. The molecular formula is C17H18FN5O2. The number of halogens is 1. The average molecular weight is 343 g/mol. The molecule has 130 valence electrons. The molecule has 25 heavy (non-hydrogen) atoms. The van der Waals surface area contributed by atoms with Gasteiger partial charge in [-0.15, -0.1) is 0 Å². The monoisotopic (exact) mass is 343 g/mol. The van der Waals surface area contributed by atoms with Gasteiger partial charge < -0.3 is 10.1 Å². The maximum absolute atomic E-state index is 12.3. The van der Waals surface area contributed by atoms with Crippen molar-refractivity contribution < 1.29 is 13.9 Å². The summed E-state index contributed by atoms with van der Waals surface area (Å²) >= 11 is 0. The van der Waals surface area contributed by atoms with Crippen LogP contribution in [0.5, 0.6) is 5.75 Å². The molecule has 0 aliphatic heterocycles. The molecule has 0 fully saturated rings. The van der Waals surface area contributed by atoms with Crippen LogP contribution in [0.4, 0.5) is 10.2 Å². The number of aromatic nitrogens is 4. The Kier molecular flexibility index (Phi) is 5.08. The van der Waals surface area contributed by atoms with Gasteiger partial charge in [0.1, 0.15) is 12.4 Å². The molecule has 0 saturated carbocycles. The second kappa shape index (κ2) is 7.61. The number of anilines is 1. The van der Waals surface area contributed by atoms with Crippen LogP contribution in [-0.4, -0.2) is 39.3 Å². The van der Waals surface area contributed by atoms with E-state index >= 15 is 0 Å². The van der Waals surface area contributed by atoms with E-state index in [2.05, 4.69) is 15.5 Å². The number of nitrogens with one attached hydrogen (secondary N) is 1. The normalized spacial score (nSPS) is 10.6. The highest BCUT2D eigenvalue weighted by Crippen LogP contribution is 2.13. The van der Waals surface area contributed by atoms with Crippen LogP contribution < -0.4 is 10.1 Å². The summed E-state index contributed by atoms with van der Waals surface area (Å²) in [6, 6.07) is 9.40. The number of amides is 1. The van der Waals surface area contributed by atoms with E-state index in [4.69, 9.17) is 4.74 Å². The van der Waals surface area contributed by atoms with E-state index in [0.717, 1.165) is 11.3 Å². The van der Waals surface area contributed by atoms with Gasteiger partial charge in [-0.05, 0) is 17.7 Å². The Morgan fingerprint density at radius 3 is 2.76 bits per heavy atom. The average Bonchev–Trinajstić information content (AvgIpc) is 3.26. The van der Waals surface area contributed by atoms with Crippen LogP contribution in [0.3, 0.4) is 0 Å². The van der Waals surface area contributed by atoms with Crippen molar-refractivity contribution in [3.8, 4) is 5.75 Å². The standard InChI is InChI=1S/C17H18FN5O2/c1-25-15-4-2-13(3-5-15)11-23-8-6-16(21-23)20-17(24)14-10-19-22(12-14)9-7-18/h2-6,8,10,12H,7,9,11H2,1H3,(H,20,21,24). The van der Waals surface area contributed by atoms with Crippen LogP contribution in [0.25, 0.3) is 0 Å². The molecule has 2 aromatic heterocycles. The maximum atomic E-state index is 12.3. The highest BCUT2D eigenvalue weighted by Gasteiger charge is 2.10. The van der Waals surface area contributed by atoms with Gasteiger partial charge in [0, 0.05) is 18.5 Å². The number of rotatable bonds is 7. The highest BCUT2D eigenvalue weighted by atomic mass is 19.1. The summed E-state index contributed by atoms with van der Waals surface area (Å²) in [6.45, 7) is 0.177. The summed E-state index contributed by atoms with van der Waals surface area (Å²) in [5.74, 6) is 0.905. The van der Waals surface area contributed by atoms with Gasteiger partial charge in [0.2, 0.25) is 0 Å². The lowest BCUT2D eigenvalue weighted by Gasteiger charge is -2.04. The van der Waals surface area contributed by atoms with Crippen molar-refractivity contribution in [2.24, 2.45) is 0 Å². The van der Waals surface area contributed by atoms with Gasteiger partial charge in [-0.2, -0.15) is 10.2 Å². The first kappa shape index (κ1) is 16.7. The molecule has 1 aromatic carbocycles. The maximum Gasteiger partial charge on any atom is 0.260 e. The van der Waals surface area contributed by atoms with E-state index in [1.807, 2.05) is 24.3 Å². The predicted octanol–water partition coefficient (Wildman–Crippen LogP) is 2.36. The second-order valence-electron chi connectivity index (χ2n) is 5.38. The van der Waals surface area contributed by atoms with E-state index in [9.17, 15) is 9.18 Å². The summed E-state index contributed by atoms with van der Waals surface area (Å²) in [7, 11) is 1.62. The van der Waals surface area contributed by atoms with Crippen LogP contribution in [0.1, 0.15) is 15.9 Å². The molecule has 0 aliphatic carbocycles. The Balaban J connectivity index is 1.61. The zero-order valence-corrected chi connectivity index (χ0v) is 13.7. The first-order valence-corrected chi connectivity index (χ1v) is 7.74. The Bertz CT molecular complexity index is 841. The molecule has 0 spiro atoms. The smallest absolute Gasteiger partial charge is 0.260 e. The van der Waals surface area contributed by atoms with E-state index in [1.165, 1.54) is 17.1 Å². The van der Waals surface area contributed by atoms with Crippen LogP contribution >= 0.6 is 0 Å². The summed E-state index contributed by atoms with van der Waals surface area (Å²) < 4.78 is 20.5. The third kappa shape index (κ3) is 4.23. The van der Waals surface area contributed by atoms with Crippen molar-refractivity contribution in [3.05, 3.63) is 60.0 Å². The lowest BCUT2D eigenvalue weighted by molar-refractivity contribution is 0.102. The van der Waals surface area contributed by atoms with E-state index in [1.54, 1.807) is 24.1 Å². The van der Waals surface area contributed by atoms with Crippen molar-refractivity contribution in [1.82, 2.24) is 19.6 Å². The van der Waals surface area contributed by atoms with Crippen molar-refractivity contribution in [1.29, 1.82) is 0 Å². The molecule has 2 heterocycles. The minimum absolute atomic E-state index is 0.129. The number of hydrogen-bond acceptors (Lipinski definition) is 4. The number of alkyl halides is 1. The summed E-state index contributed by atoms with van der Waals surface area (Å²) in [4.78, 5) is 12.1. The second-order valence-corrected chi connectivity index (χ2v) is 5.38. The Hall–Kier alpha value is -3.16. The van der Waals surface area contributed by atoms with Crippen LogP contribution in [0, 0.1) is 0 Å². The molecule has 0 atom stereocenters. The molecule has 1 amide bonds. The topological polar surface area (TPSA) is 74.0 Å². The fourth-order valence-electron chi connectivity index (χ4n) is 2.31. The van der Waals surface area contributed by atoms with Crippen LogP contribution in [0.2, 0.25) is 0 Å². The Labute approximate surface area is 144 Å². The number of ether oxygens (including phenoxy) is 1. The fraction of sp³-hybridized carbons (Fsp3) is 0.235. The van der Waals surface area contributed by atoms with Crippen LogP contribution in [-0.2, 0) is 13.1 Å². The third-order valence-electron chi connectivity index (χ3n) is 3.59. The van der Waals surface area contributed by atoms with Crippen LogP contribution in [0.15, 0.2) is 48.9 Å². The number of carbonyl (C=O) groups excluding carboxylic acids is 1. The molecule has 3 aromatic rings. The largest absolute Gasteiger partial charge is 0.497 e. The number of carbonyl (C=O) groups is 1. The van der Waals surface area contributed by atoms with Gasteiger partial charge in [0.05, 0.1) is 32.0 Å². The molecule has 0 saturated heterocycles. The Morgan fingerprint density at radius 1 is 1.24 bits per heavy atom. The Morgan fingerprint density at radius 2 is 2.04 bits per heavy atom. The number of benzene rings is 1. The molecular weight excluding hydrogens is 325 g/mol. The number of nitrogens with zero attached hydrogens (tertiary/aromatic N) is 4. The first-order chi connectivity index (χ1) is 12.2. The minimum Gasteiger partial charge on any atom is -0.497 e. The van der Waals surface area contributed by atoms with Gasteiger partial charge in [0.25, 0.3) is 5.91 Å². The van der Waals surface area contributed by atoms with Gasteiger partial charge in [-0.25, -0.2) is 4.39 Å². The van der Waals surface area contributed by atoms with Crippen molar-refractivity contribution in [3.63, 3.8) is 0 Å². The van der Waals surface area contributed by atoms with E-state index in [0.29, 0.717) is 17.9 Å².